The van der Waals surface area contributed by atoms with Crippen molar-refractivity contribution in [3.63, 3.8) is 0 Å². The van der Waals surface area contributed by atoms with E-state index in [2.05, 4.69) is 5.32 Å². The number of aldehydes is 1. The number of ether oxygens (including phenoxy) is 2. The highest BCUT2D eigenvalue weighted by molar-refractivity contribution is 5.82. The molecule has 0 radical (unpaired) electrons. The Balaban J connectivity index is 0.00000127. The summed E-state index contributed by atoms with van der Waals surface area (Å²) in [6.45, 7) is 4.61. The number of aliphatic hydroxyl groups is 1. The van der Waals surface area contributed by atoms with Crippen LogP contribution in [0.5, 0.6) is 0 Å². The molecule has 0 bridgehead atoms. The summed E-state index contributed by atoms with van der Waals surface area (Å²) in [6, 6.07) is 9.54. The van der Waals surface area contributed by atoms with E-state index >= 15 is 0 Å². The highest BCUT2D eigenvalue weighted by atomic mass is 16.7. The summed E-state index contributed by atoms with van der Waals surface area (Å²) in [5.74, 6) is -0.203. The molecule has 1 aromatic carbocycles. The highest BCUT2D eigenvalue weighted by Crippen LogP contribution is 2.36. The van der Waals surface area contributed by atoms with Crippen LogP contribution in [0.4, 0.5) is 0 Å². The lowest BCUT2D eigenvalue weighted by molar-refractivity contribution is -0.258. The predicted octanol–water partition coefficient (Wildman–Crippen LogP) is 1.44. The van der Waals surface area contributed by atoms with E-state index in [0.29, 0.717) is 19.6 Å². The van der Waals surface area contributed by atoms with E-state index in [1.165, 1.54) is 0 Å². The lowest BCUT2D eigenvalue weighted by Gasteiger charge is -2.41. The van der Waals surface area contributed by atoms with Crippen molar-refractivity contribution in [2.45, 2.75) is 32.7 Å². The van der Waals surface area contributed by atoms with E-state index in [4.69, 9.17) is 14.6 Å². The standard InChI is InChI=1S/C16H21NO4.CH4O/c1-16(2)11-20-15(12-7-4-3-5-8-12)21-13(16)14(19)17-9-6-10-18;1-2/h3-5,7-8,10,13,15H,6,9,11H2,1-2H3,(H,17,19);2H,1H3. The molecule has 128 valence electrons. The van der Waals surface area contributed by atoms with E-state index in [0.717, 1.165) is 19.0 Å². The Morgan fingerprint density at radius 1 is 1.35 bits per heavy atom. The number of benzene rings is 1. The molecule has 2 unspecified atom stereocenters. The first-order valence-corrected chi connectivity index (χ1v) is 7.52. The molecule has 23 heavy (non-hydrogen) atoms. The molecule has 0 spiro atoms. The van der Waals surface area contributed by atoms with Crippen LogP contribution in [0.3, 0.4) is 0 Å². The van der Waals surface area contributed by atoms with Gasteiger partial charge in [-0.1, -0.05) is 44.2 Å². The molecular weight excluding hydrogens is 298 g/mol. The molecule has 1 saturated heterocycles. The lowest BCUT2D eigenvalue weighted by atomic mass is 9.85. The van der Waals surface area contributed by atoms with Gasteiger partial charge in [0.2, 0.25) is 5.91 Å². The molecule has 1 heterocycles. The van der Waals surface area contributed by atoms with E-state index in [-0.39, 0.29) is 5.91 Å². The van der Waals surface area contributed by atoms with Gasteiger partial charge in [-0.15, -0.1) is 0 Å². The van der Waals surface area contributed by atoms with Crippen LogP contribution in [0.2, 0.25) is 0 Å². The third kappa shape index (κ3) is 5.42. The quantitative estimate of drug-likeness (QED) is 0.633. The second-order valence-electron chi connectivity index (χ2n) is 5.80. The molecule has 1 fully saturated rings. The summed E-state index contributed by atoms with van der Waals surface area (Å²) in [6.07, 6.45) is -0.0651. The summed E-state index contributed by atoms with van der Waals surface area (Å²) in [7, 11) is 1.00. The van der Waals surface area contributed by atoms with Crippen LogP contribution in [-0.4, -0.2) is 43.7 Å². The van der Waals surface area contributed by atoms with E-state index in [9.17, 15) is 9.59 Å². The molecule has 0 aliphatic carbocycles. The number of hydrogen-bond acceptors (Lipinski definition) is 5. The first-order valence-electron chi connectivity index (χ1n) is 7.52. The summed E-state index contributed by atoms with van der Waals surface area (Å²) in [5.41, 5.74) is 0.468. The molecule has 2 rings (SSSR count). The largest absolute Gasteiger partial charge is 0.400 e. The molecule has 6 nitrogen and oxygen atoms in total. The van der Waals surface area contributed by atoms with Crippen molar-refractivity contribution >= 4 is 12.2 Å². The van der Waals surface area contributed by atoms with Gasteiger partial charge in [-0.3, -0.25) is 4.79 Å². The Morgan fingerprint density at radius 2 is 2.00 bits per heavy atom. The SMILES string of the molecule is CC1(C)COC(c2ccccc2)OC1C(=O)NCCC=O.CO. The molecule has 1 aliphatic rings. The number of amides is 1. The fourth-order valence-corrected chi connectivity index (χ4v) is 2.26. The molecule has 1 aliphatic heterocycles. The third-order valence-electron chi connectivity index (χ3n) is 3.45. The second-order valence-corrected chi connectivity index (χ2v) is 5.80. The minimum Gasteiger partial charge on any atom is -0.400 e. The topological polar surface area (TPSA) is 84.9 Å². The van der Waals surface area contributed by atoms with Crippen molar-refractivity contribution in [2.75, 3.05) is 20.3 Å². The Bertz CT molecular complexity index is 489. The monoisotopic (exact) mass is 323 g/mol. The fourth-order valence-electron chi connectivity index (χ4n) is 2.26. The second kappa shape index (κ2) is 9.39. The average molecular weight is 323 g/mol. The van der Waals surface area contributed by atoms with Gasteiger partial charge in [0.15, 0.2) is 6.29 Å². The number of carbonyl (C=O) groups excluding carboxylic acids is 2. The first kappa shape index (κ1) is 19.3. The zero-order valence-corrected chi connectivity index (χ0v) is 13.8. The zero-order valence-electron chi connectivity index (χ0n) is 13.8. The number of nitrogens with one attached hydrogen (secondary N) is 1. The Hall–Kier alpha value is -1.76. The van der Waals surface area contributed by atoms with Gasteiger partial charge < -0.3 is 24.7 Å². The van der Waals surface area contributed by atoms with Crippen LogP contribution in [-0.2, 0) is 19.1 Å². The Labute approximate surface area is 136 Å². The van der Waals surface area contributed by atoms with Crippen molar-refractivity contribution in [2.24, 2.45) is 5.41 Å². The van der Waals surface area contributed by atoms with Gasteiger partial charge in [-0.2, -0.15) is 0 Å². The summed E-state index contributed by atoms with van der Waals surface area (Å²) >= 11 is 0. The van der Waals surface area contributed by atoms with Crippen LogP contribution in [0.25, 0.3) is 0 Å². The normalized spacial score (nSPS) is 22.4. The van der Waals surface area contributed by atoms with E-state index in [1.54, 1.807) is 0 Å². The first-order chi connectivity index (χ1) is 11.0. The zero-order chi connectivity index (χ0) is 17.3. The number of aliphatic hydroxyl groups excluding tert-OH is 1. The van der Waals surface area contributed by atoms with Crippen molar-refractivity contribution in [3.05, 3.63) is 35.9 Å². The van der Waals surface area contributed by atoms with Crippen molar-refractivity contribution in [1.29, 1.82) is 0 Å². The van der Waals surface area contributed by atoms with Gasteiger partial charge >= 0.3 is 0 Å². The molecule has 1 amide bonds. The molecule has 1 aromatic rings. The van der Waals surface area contributed by atoms with Crippen LogP contribution < -0.4 is 5.32 Å². The van der Waals surface area contributed by atoms with Crippen molar-refractivity contribution in [1.82, 2.24) is 5.32 Å². The molecule has 6 heteroatoms. The van der Waals surface area contributed by atoms with Crippen molar-refractivity contribution < 1.29 is 24.2 Å². The number of rotatable bonds is 5. The predicted molar refractivity (Wildman–Crippen MR) is 85.6 cm³/mol. The molecule has 0 aromatic heterocycles. The van der Waals surface area contributed by atoms with Gasteiger partial charge in [0.1, 0.15) is 12.4 Å². The molecular formula is C17H25NO5. The molecule has 2 N–H and O–H groups in total. The third-order valence-corrected chi connectivity index (χ3v) is 3.45. The van der Waals surface area contributed by atoms with Crippen LogP contribution >= 0.6 is 0 Å². The van der Waals surface area contributed by atoms with Crippen LogP contribution in [0.1, 0.15) is 32.1 Å². The maximum atomic E-state index is 12.3. The fraction of sp³-hybridized carbons (Fsp3) is 0.529. The highest BCUT2D eigenvalue weighted by Gasteiger charge is 2.43. The minimum atomic E-state index is -0.608. The minimum absolute atomic E-state index is 0.203. The van der Waals surface area contributed by atoms with Crippen molar-refractivity contribution in [3.8, 4) is 0 Å². The van der Waals surface area contributed by atoms with Crippen LogP contribution in [0.15, 0.2) is 30.3 Å². The number of hydrogen-bond donors (Lipinski definition) is 2. The molecule has 2 atom stereocenters. The smallest absolute Gasteiger partial charge is 0.249 e. The Kier molecular flexibility index (Phi) is 7.88. The van der Waals surface area contributed by atoms with Gasteiger partial charge in [-0.05, 0) is 0 Å². The van der Waals surface area contributed by atoms with E-state index in [1.807, 2.05) is 44.2 Å². The van der Waals surface area contributed by atoms with Crippen LogP contribution in [0, 0.1) is 5.41 Å². The lowest BCUT2D eigenvalue weighted by Crippen LogP contribution is -2.51. The van der Waals surface area contributed by atoms with Gasteiger partial charge in [0.25, 0.3) is 0 Å². The van der Waals surface area contributed by atoms with Gasteiger partial charge in [-0.25, -0.2) is 0 Å². The molecule has 0 saturated carbocycles. The summed E-state index contributed by atoms with van der Waals surface area (Å²) < 4.78 is 11.6. The summed E-state index contributed by atoms with van der Waals surface area (Å²) in [4.78, 5) is 22.6. The summed E-state index contributed by atoms with van der Waals surface area (Å²) in [5, 5.41) is 9.73. The maximum Gasteiger partial charge on any atom is 0.249 e. The Morgan fingerprint density at radius 3 is 2.61 bits per heavy atom. The maximum absolute atomic E-state index is 12.3. The number of carbonyl (C=O) groups is 2. The van der Waals surface area contributed by atoms with Gasteiger partial charge in [0, 0.05) is 31.1 Å². The average Bonchev–Trinajstić information content (AvgIpc) is 2.57. The van der Waals surface area contributed by atoms with Gasteiger partial charge in [0.05, 0.1) is 6.61 Å². The van der Waals surface area contributed by atoms with E-state index < -0.39 is 17.8 Å².